The van der Waals surface area contributed by atoms with Crippen molar-refractivity contribution in [2.24, 2.45) is 5.41 Å². The number of carbonyl (C=O) groups is 2. The van der Waals surface area contributed by atoms with Gasteiger partial charge in [0.1, 0.15) is 0 Å². The molecule has 1 heterocycles. The third kappa shape index (κ3) is 4.22. The van der Waals surface area contributed by atoms with E-state index in [0.29, 0.717) is 24.5 Å². The Bertz CT molecular complexity index is 587. The Morgan fingerprint density at radius 3 is 2.43 bits per heavy atom. The number of morpholine rings is 1. The average Bonchev–Trinajstić information content (AvgIpc) is 2.54. The molecular formula is C17H24N2O4. The molecule has 0 bridgehead atoms. The number of hydrogen-bond acceptors (Lipinski definition) is 5. The number of ether oxygens (including phenoxy) is 2. The molecule has 1 amide bonds. The first-order valence-corrected chi connectivity index (χ1v) is 7.69. The molecule has 1 N–H and O–H groups in total. The van der Waals surface area contributed by atoms with Crippen LogP contribution in [0.4, 0.5) is 11.4 Å². The summed E-state index contributed by atoms with van der Waals surface area (Å²) >= 11 is 0. The second-order valence-corrected chi connectivity index (χ2v) is 6.53. The Morgan fingerprint density at radius 2 is 1.87 bits per heavy atom. The third-order valence-electron chi connectivity index (χ3n) is 3.70. The summed E-state index contributed by atoms with van der Waals surface area (Å²) in [7, 11) is 1.34. The van der Waals surface area contributed by atoms with E-state index in [4.69, 9.17) is 9.47 Å². The normalized spacial score (nSPS) is 15.2. The van der Waals surface area contributed by atoms with Gasteiger partial charge in [0.25, 0.3) is 0 Å². The minimum atomic E-state index is -0.524. The minimum absolute atomic E-state index is 0.103. The van der Waals surface area contributed by atoms with E-state index in [0.717, 1.165) is 18.8 Å². The zero-order chi connectivity index (χ0) is 17.0. The lowest BCUT2D eigenvalue weighted by molar-refractivity contribution is -0.123. The maximum absolute atomic E-state index is 12.3. The van der Waals surface area contributed by atoms with E-state index < -0.39 is 11.4 Å². The number of methoxy groups -OCH3 is 1. The maximum Gasteiger partial charge on any atom is 0.337 e. The summed E-state index contributed by atoms with van der Waals surface area (Å²) in [6.07, 6.45) is 0. The fourth-order valence-corrected chi connectivity index (χ4v) is 2.27. The molecule has 0 unspecified atom stereocenters. The lowest BCUT2D eigenvalue weighted by atomic mass is 9.95. The summed E-state index contributed by atoms with van der Waals surface area (Å²) in [6, 6.07) is 5.22. The number of carbonyl (C=O) groups excluding carboxylic acids is 2. The van der Waals surface area contributed by atoms with Crippen molar-refractivity contribution in [1.29, 1.82) is 0 Å². The molecule has 1 aliphatic heterocycles. The molecule has 6 nitrogen and oxygen atoms in total. The molecule has 6 heteroatoms. The van der Waals surface area contributed by atoms with Gasteiger partial charge in [-0.15, -0.1) is 0 Å². The van der Waals surface area contributed by atoms with Crippen LogP contribution in [0.15, 0.2) is 18.2 Å². The molecule has 0 atom stereocenters. The van der Waals surface area contributed by atoms with Crippen LogP contribution < -0.4 is 10.2 Å². The van der Waals surface area contributed by atoms with Crippen molar-refractivity contribution in [2.75, 3.05) is 43.6 Å². The Hall–Kier alpha value is -2.08. The Kier molecular flexibility index (Phi) is 5.26. The summed E-state index contributed by atoms with van der Waals surface area (Å²) in [6.45, 7) is 8.32. The minimum Gasteiger partial charge on any atom is -0.465 e. The van der Waals surface area contributed by atoms with Crippen LogP contribution in [0.3, 0.4) is 0 Å². The van der Waals surface area contributed by atoms with Gasteiger partial charge in [-0.3, -0.25) is 4.79 Å². The van der Waals surface area contributed by atoms with Crippen LogP contribution in [-0.2, 0) is 14.3 Å². The quantitative estimate of drug-likeness (QED) is 0.866. The monoisotopic (exact) mass is 320 g/mol. The maximum atomic E-state index is 12.3. The molecule has 1 aromatic rings. The van der Waals surface area contributed by atoms with Crippen molar-refractivity contribution in [2.45, 2.75) is 20.8 Å². The van der Waals surface area contributed by atoms with Crippen LogP contribution in [0.2, 0.25) is 0 Å². The van der Waals surface area contributed by atoms with E-state index in [-0.39, 0.29) is 5.91 Å². The molecule has 1 saturated heterocycles. The van der Waals surface area contributed by atoms with E-state index in [9.17, 15) is 9.59 Å². The summed E-state index contributed by atoms with van der Waals surface area (Å²) in [5.74, 6) is -0.529. The van der Waals surface area contributed by atoms with Crippen LogP contribution in [0, 0.1) is 5.41 Å². The van der Waals surface area contributed by atoms with Gasteiger partial charge in [-0.2, -0.15) is 0 Å². The molecule has 0 aliphatic carbocycles. The smallest absolute Gasteiger partial charge is 0.337 e. The van der Waals surface area contributed by atoms with Crippen LogP contribution in [0.1, 0.15) is 31.1 Å². The second-order valence-electron chi connectivity index (χ2n) is 6.53. The first-order chi connectivity index (χ1) is 10.8. The van der Waals surface area contributed by atoms with Crippen molar-refractivity contribution in [1.82, 2.24) is 0 Å². The van der Waals surface area contributed by atoms with E-state index in [1.54, 1.807) is 12.1 Å². The van der Waals surface area contributed by atoms with Crippen LogP contribution in [0.25, 0.3) is 0 Å². The van der Waals surface area contributed by atoms with Crippen LogP contribution >= 0.6 is 0 Å². The number of esters is 1. The number of rotatable bonds is 3. The predicted octanol–water partition coefficient (Wildman–Crippen LogP) is 2.29. The van der Waals surface area contributed by atoms with Gasteiger partial charge in [-0.05, 0) is 18.2 Å². The van der Waals surface area contributed by atoms with Gasteiger partial charge < -0.3 is 19.7 Å². The van der Waals surface area contributed by atoms with Crippen LogP contribution in [0.5, 0.6) is 0 Å². The molecule has 126 valence electrons. The predicted molar refractivity (Wildman–Crippen MR) is 88.9 cm³/mol. The van der Waals surface area contributed by atoms with Gasteiger partial charge in [0.05, 0.1) is 37.3 Å². The average molecular weight is 320 g/mol. The highest BCUT2D eigenvalue weighted by Gasteiger charge is 2.24. The lowest BCUT2D eigenvalue weighted by Crippen LogP contribution is -2.37. The standard InChI is InChI=1S/C17H24N2O4/c1-17(2,3)16(21)18-13-11-12(15(20)22-4)5-6-14(13)19-7-9-23-10-8-19/h5-6,11H,7-10H2,1-4H3,(H,18,21). The Balaban J connectivity index is 2.36. The van der Waals surface area contributed by atoms with Crippen molar-refractivity contribution < 1.29 is 19.1 Å². The van der Waals surface area contributed by atoms with Gasteiger partial charge in [0.15, 0.2) is 0 Å². The topological polar surface area (TPSA) is 67.9 Å². The Morgan fingerprint density at radius 1 is 1.22 bits per heavy atom. The van der Waals surface area contributed by atoms with Gasteiger partial charge in [-0.25, -0.2) is 4.79 Å². The van der Waals surface area contributed by atoms with Gasteiger partial charge in [0, 0.05) is 18.5 Å². The molecule has 2 rings (SSSR count). The highest BCUT2D eigenvalue weighted by molar-refractivity contribution is 6.00. The van der Waals surface area contributed by atoms with Gasteiger partial charge in [0.2, 0.25) is 5.91 Å². The molecule has 1 aliphatic rings. The summed E-state index contributed by atoms with van der Waals surface area (Å²) in [5, 5.41) is 2.94. The zero-order valence-electron chi connectivity index (χ0n) is 14.1. The molecule has 0 spiro atoms. The number of nitrogens with zero attached hydrogens (tertiary/aromatic N) is 1. The molecule has 0 radical (unpaired) electrons. The van der Waals surface area contributed by atoms with Crippen molar-refractivity contribution in [3.63, 3.8) is 0 Å². The number of amides is 1. The van der Waals surface area contributed by atoms with Gasteiger partial charge >= 0.3 is 5.97 Å². The Labute approximate surface area is 136 Å². The number of anilines is 2. The molecule has 1 aromatic carbocycles. The van der Waals surface area contributed by atoms with E-state index >= 15 is 0 Å². The fourth-order valence-electron chi connectivity index (χ4n) is 2.27. The second kappa shape index (κ2) is 7.00. The summed E-state index contributed by atoms with van der Waals surface area (Å²) < 4.78 is 10.1. The first kappa shape index (κ1) is 17.3. The summed E-state index contributed by atoms with van der Waals surface area (Å²) in [5.41, 5.74) is 1.39. The molecular weight excluding hydrogens is 296 g/mol. The lowest BCUT2D eigenvalue weighted by Gasteiger charge is -2.31. The zero-order valence-corrected chi connectivity index (χ0v) is 14.1. The third-order valence-corrected chi connectivity index (χ3v) is 3.70. The van der Waals surface area contributed by atoms with Crippen molar-refractivity contribution >= 4 is 23.3 Å². The molecule has 23 heavy (non-hydrogen) atoms. The molecule has 1 fully saturated rings. The van der Waals surface area contributed by atoms with E-state index in [1.807, 2.05) is 26.8 Å². The molecule has 0 saturated carbocycles. The largest absolute Gasteiger partial charge is 0.465 e. The molecule has 0 aromatic heterocycles. The number of hydrogen-bond donors (Lipinski definition) is 1. The van der Waals surface area contributed by atoms with Crippen molar-refractivity contribution in [3.8, 4) is 0 Å². The number of benzene rings is 1. The van der Waals surface area contributed by atoms with Crippen LogP contribution in [-0.4, -0.2) is 45.3 Å². The highest BCUT2D eigenvalue weighted by Crippen LogP contribution is 2.30. The fraction of sp³-hybridized carbons (Fsp3) is 0.529. The SMILES string of the molecule is COC(=O)c1ccc(N2CCOCC2)c(NC(=O)C(C)(C)C)c1. The first-order valence-electron chi connectivity index (χ1n) is 7.69. The number of nitrogens with one attached hydrogen (secondary N) is 1. The summed E-state index contributed by atoms with van der Waals surface area (Å²) in [4.78, 5) is 26.3. The van der Waals surface area contributed by atoms with Crippen molar-refractivity contribution in [3.05, 3.63) is 23.8 Å². The van der Waals surface area contributed by atoms with E-state index in [2.05, 4.69) is 10.2 Å². The van der Waals surface area contributed by atoms with Gasteiger partial charge in [-0.1, -0.05) is 20.8 Å². The highest BCUT2D eigenvalue weighted by atomic mass is 16.5. The van der Waals surface area contributed by atoms with E-state index in [1.165, 1.54) is 7.11 Å².